The number of hydrogen-bond donors (Lipinski definition) is 1. The summed E-state index contributed by atoms with van der Waals surface area (Å²) in [6.45, 7) is 1.74. The standard InChI is InChI=1S/C19H26N4O5S/c1-21(2)29(27,28)16-5-3-4-15(12-16)18(25)20-13-17(24)22-8-10-23(11-9-22)19(26)14-6-7-14/h3-5,12,14H,6-11,13H2,1-2H3,(H,20,25). The molecule has 1 aromatic carbocycles. The fourth-order valence-electron chi connectivity index (χ4n) is 3.14. The summed E-state index contributed by atoms with van der Waals surface area (Å²) in [6, 6.07) is 5.69. The highest BCUT2D eigenvalue weighted by Crippen LogP contribution is 2.31. The summed E-state index contributed by atoms with van der Waals surface area (Å²) in [4.78, 5) is 40.3. The predicted molar refractivity (Wildman–Crippen MR) is 106 cm³/mol. The lowest BCUT2D eigenvalue weighted by Crippen LogP contribution is -2.52. The number of carbonyl (C=O) groups is 3. The van der Waals surface area contributed by atoms with Crippen molar-refractivity contribution in [2.24, 2.45) is 5.92 Å². The monoisotopic (exact) mass is 422 g/mol. The van der Waals surface area contributed by atoms with Gasteiger partial charge in [0, 0.05) is 51.8 Å². The number of hydrogen-bond acceptors (Lipinski definition) is 5. The molecule has 1 aromatic rings. The number of sulfonamides is 1. The lowest BCUT2D eigenvalue weighted by Gasteiger charge is -2.35. The Bertz CT molecular complexity index is 903. The zero-order chi connectivity index (χ0) is 21.2. The molecule has 0 spiro atoms. The first kappa shape index (κ1) is 21.3. The van der Waals surface area contributed by atoms with Gasteiger partial charge in [0.15, 0.2) is 0 Å². The minimum atomic E-state index is -3.65. The minimum absolute atomic E-state index is 0.0120. The van der Waals surface area contributed by atoms with Gasteiger partial charge in [0.2, 0.25) is 21.8 Å². The van der Waals surface area contributed by atoms with Crippen LogP contribution in [-0.2, 0) is 19.6 Å². The van der Waals surface area contributed by atoms with Crippen molar-refractivity contribution >= 4 is 27.7 Å². The minimum Gasteiger partial charge on any atom is -0.343 e. The average Bonchev–Trinajstić information content (AvgIpc) is 3.56. The number of carbonyl (C=O) groups excluding carboxylic acids is 3. The third kappa shape index (κ3) is 4.94. The Morgan fingerprint density at radius 3 is 2.28 bits per heavy atom. The van der Waals surface area contributed by atoms with E-state index in [0.29, 0.717) is 26.2 Å². The number of nitrogens with one attached hydrogen (secondary N) is 1. The normalized spacial score (nSPS) is 17.3. The Hall–Kier alpha value is -2.46. The summed E-state index contributed by atoms with van der Waals surface area (Å²) >= 11 is 0. The molecule has 10 heteroatoms. The van der Waals surface area contributed by atoms with Gasteiger partial charge in [-0.2, -0.15) is 0 Å². The van der Waals surface area contributed by atoms with E-state index < -0.39 is 15.9 Å². The van der Waals surface area contributed by atoms with E-state index in [2.05, 4.69) is 5.32 Å². The Morgan fingerprint density at radius 1 is 1.07 bits per heavy atom. The highest BCUT2D eigenvalue weighted by atomic mass is 32.2. The molecule has 1 saturated heterocycles. The largest absolute Gasteiger partial charge is 0.343 e. The van der Waals surface area contributed by atoms with Gasteiger partial charge in [0.05, 0.1) is 11.4 Å². The second kappa shape index (κ2) is 8.50. The van der Waals surface area contributed by atoms with E-state index in [1.165, 1.54) is 38.4 Å². The molecule has 0 bridgehead atoms. The van der Waals surface area contributed by atoms with Crippen LogP contribution in [-0.4, -0.2) is 87.1 Å². The number of amides is 3. The smallest absolute Gasteiger partial charge is 0.251 e. The molecule has 3 rings (SSSR count). The molecule has 1 aliphatic carbocycles. The van der Waals surface area contributed by atoms with Crippen molar-refractivity contribution in [1.29, 1.82) is 0 Å². The first-order valence-corrected chi connectivity index (χ1v) is 11.0. The van der Waals surface area contributed by atoms with E-state index in [9.17, 15) is 22.8 Å². The maximum Gasteiger partial charge on any atom is 0.251 e. The van der Waals surface area contributed by atoms with Crippen molar-refractivity contribution in [2.75, 3.05) is 46.8 Å². The summed E-state index contributed by atoms with van der Waals surface area (Å²) in [5, 5.41) is 2.55. The van der Waals surface area contributed by atoms with E-state index in [4.69, 9.17) is 0 Å². The fourth-order valence-corrected chi connectivity index (χ4v) is 4.09. The van der Waals surface area contributed by atoms with Gasteiger partial charge in [-0.1, -0.05) is 6.07 Å². The molecular weight excluding hydrogens is 396 g/mol. The maximum atomic E-state index is 12.4. The van der Waals surface area contributed by atoms with Crippen molar-refractivity contribution in [1.82, 2.24) is 19.4 Å². The highest BCUT2D eigenvalue weighted by Gasteiger charge is 2.35. The van der Waals surface area contributed by atoms with Crippen LogP contribution in [0.15, 0.2) is 29.2 Å². The number of rotatable bonds is 6. The van der Waals surface area contributed by atoms with Crippen molar-refractivity contribution in [3.63, 3.8) is 0 Å². The third-order valence-electron chi connectivity index (χ3n) is 5.15. The summed E-state index contributed by atoms with van der Waals surface area (Å²) < 4.78 is 25.5. The fraction of sp³-hybridized carbons (Fsp3) is 0.526. The Balaban J connectivity index is 1.52. The Labute approximate surface area is 170 Å². The molecule has 0 unspecified atom stereocenters. The zero-order valence-corrected chi connectivity index (χ0v) is 17.4. The van der Waals surface area contributed by atoms with Crippen molar-refractivity contribution in [2.45, 2.75) is 17.7 Å². The second-order valence-corrected chi connectivity index (χ2v) is 9.63. The Morgan fingerprint density at radius 2 is 1.69 bits per heavy atom. The van der Waals surface area contributed by atoms with Gasteiger partial charge in [-0.3, -0.25) is 14.4 Å². The van der Waals surface area contributed by atoms with Gasteiger partial charge < -0.3 is 15.1 Å². The molecule has 1 aliphatic heterocycles. The molecular formula is C19H26N4O5S. The Kier molecular flexibility index (Phi) is 6.23. The van der Waals surface area contributed by atoms with Gasteiger partial charge in [-0.15, -0.1) is 0 Å². The first-order valence-electron chi connectivity index (χ1n) is 9.57. The van der Waals surface area contributed by atoms with Crippen LogP contribution >= 0.6 is 0 Å². The molecule has 0 aromatic heterocycles. The van der Waals surface area contributed by atoms with Crippen LogP contribution in [0.2, 0.25) is 0 Å². The van der Waals surface area contributed by atoms with Crippen molar-refractivity contribution in [3.8, 4) is 0 Å². The molecule has 1 N–H and O–H groups in total. The first-order chi connectivity index (χ1) is 13.7. The quantitative estimate of drug-likeness (QED) is 0.680. The van der Waals surface area contributed by atoms with Crippen molar-refractivity contribution in [3.05, 3.63) is 29.8 Å². The van der Waals surface area contributed by atoms with Gasteiger partial charge in [0.25, 0.3) is 5.91 Å². The van der Waals surface area contributed by atoms with Gasteiger partial charge in [-0.05, 0) is 31.0 Å². The summed E-state index contributed by atoms with van der Waals surface area (Å²) in [5.41, 5.74) is 0.167. The predicted octanol–water partition coefficient (Wildman–Crippen LogP) is -0.252. The average molecular weight is 423 g/mol. The lowest BCUT2D eigenvalue weighted by molar-refractivity contribution is -0.139. The van der Waals surface area contributed by atoms with Crippen LogP contribution in [0.4, 0.5) is 0 Å². The second-order valence-electron chi connectivity index (χ2n) is 7.48. The van der Waals surface area contributed by atoms with E-state index in [1.54, 1.807) is 9.80 Å². The summed E-state index contributed by atoms with van der Waals surface area (Å²) in [7, 11) is -0.819. The summed E-state index contributed by atoms with van der Waals surface area (Å²) in [5.74, 6) is -0.396. The molecule has 29 heavy (non-hydrogen) atoms. The van der Waals surface area contributed by atoms with Crippen LogP contribution < -0.4 is 5.32 Å². The van der Waals surface area contributed by atoms with Gasteiger partial charge >= 0.3 is 0 Å². The molecule has 2 fully saturated rings. The number of nitrogens with zero attached hydrogens (tertiary/aromatic N) is 3. The molecule has 9 nitrogen and oxygen atoms in total. The molecule has 0 radical (unpaired) electrons. The highest BCUT2D eigenvalue weighted by molar-refractivity contribution is 7.89. The van der Waals surface area contributed by atoms with Crippen molar-refractivity contribution < 1.29 is 22.8 Å². The van der Waals surface area contributed by atoms with E-state index in [1.807, 2.05) is 0 Å². The SMILES string of the molecule is CN(C)S(=O)(=O)c1cccc(C(=O)NCC(=O)N2CCN(C(=O)C3CC3)CC2)c1. The van der Waals surface area contributed by atoms with E-state index >= 15 is 0 Å². The molecule has 1 saturated carbocycles. The van der Waals surface area contributed by atoms with Crippen LogP contribution in [0.25, 0.3) is 0 Å². The number of benzene rings is 1. The maximum absolute atomic E-state index is 12.4. The zero-order valence-electron chi connectivity index (χ0n) is 16.6. The molecule has 3 amide bonds. The lowest BCUT2D eigenvalue weighted by atomic mass is 10.2. The van der Waals surface area contributed by atoms with Gasteiger partial charge in [0.1, 0.15) is 0 Å². The van der Waals surface area contributed by atoms with E-state index in [0.717, 1.165) is 17.1 Å². The summed E-state index contributed by atoms with van der Waals surface area (Å²) in [6.07, 6.45) is 1.92. The third-order valence-corrected chi connectivity index (χ3v) is 6.96. The molecule has 2 aliphatic rings. The molecule has 0 atom stereocenters. The van der Waals surface area contributed by atoms with Crippen LogP contribution in [0, 0.1) is 5.92 Å². The van der Waals surface area contributed by atoms with Crippen LogP contribution in [0.3, 0.4) is 0 Å². The topological polar surface area (TPSA) is 107 Å². The van der Waals surface area contributed by atoms with Crippen LogP contribution in [0.1, 0.15) is 23.2 Å². The number of piperazine rings is 1. The van der Waals surface area contributed by atoms with E-state index in [-0.39, 0.29) is 34.7 Å². The molecule has 1 heterocycles. The van der Waals surface area contributed by atoms with Crippen LogP contribution in [0.5, 0.6) is 0 Å². The van der Waals surface area contributed by atoms with Gasteiger partial charge in [-0.25, -0.2) is 12.7 Å². The molecule has 158 valence electrons.